The summed E-state index contributed by atoms with van der Waals surface area (Å²) in [5.74, 6) is 0. The third kappa shape index (κ3) is 1.66. The zero-order valence-electron chi connectivity index (χ0n) is 4.77. The first kappa shape index (κ1) is 7.45. The number of hydrogen-bond donors (Lipinski definition) is 2. The lowest BCUT2D eigenvalue weighted by atomic mass is 11.1. The summed E-state index contributed by atoms with van der Waals surface area (Å²) in [7, 11) is 0. The molecule has 0 atom stereocenters. The van der Waals surface area contributed by atoms with Crippen LogP contribution in [0.2, 0.25) is 0 Å². The van der Waals surface area contributed by atoms with E-state index in [2.05, 4.69) is 15.5 Å². The lowest BCUT2D eigenvalue weighted by molar-refractivity contribution is -0.105. The van der Waals surface area contributed by atoms with Crippen molar-refractivity contribution in [1.29, 1.82) is 0 Å². The summed E-state index contributed by atoms with van der Waals surface area (Å²) in [6.07, 6.45) is 0.547. The Morgan fingerprint density at radius 2 is 2.50 bits per heavy atom. The van der Waals surface area contributed by atoms with Crippen LogP contribution < -0.4 is 10.5 Å². The van der Waals surface area contributed by atoms with Gasteiger partial charge in [0, 0.05) is 0 Å². The SMILES string of the molecule is NSc1nnc(NC=O)s1. The minimum absolute atomic E-state index is 0.461. The summed E-state index contributed by atoms with van der Waals surface area (Å²) < 4.78 is 0.629. The summed E-state index contributed by atoms with van der Waals surface area (Å²) in [6, 6.07) is 0. The fourth-order valence-electron chi connectivity index (χ4n) is 0.366. The van der Waals surface area contributed by atoms with Crippen LogP contribution >= 0.6 is 23.3 Å². The molecule has 0 radical (unpaired) electrons. The van der Waals surface area contributed by atoms with Gasteiger partial charge in [-0.05, 0) is 11.9 Å². The Hall–Kier alpha value is -0.660. The quantitative estimate of drug-likeness (QED) is 0.387. The summed E-state index contributed by atoms with van der Waals surface area (Å²) in [5.41, 5.74) is 0. The molecule has 7 heteroatoms. The van der Waals surface area contributed by atoms with Gasteiger partial charge in [0.1, 0.15) is 0 Å². The van der Waals surface area contributed by atoms with Crippen molar-refractivity contribution in [2.24, 2.45) is 5.14 Å². The topological polar surface area (TPSA) is 80.9 Å². The number of nitrogens with two attached hydrogens (primary N) is 1. The lowest BCUT2D eigenvalue weighted by Gasteiger charge is -1.82. The molecule has 0 saturated carbocycles. The molecule has 0 aliphatic rings. The molecule has 3 N–H and O–H groups in total. The molecule has 0 aliphatic heterocycles. The van der Waals surface area contributed by atoms with Gasteiger partial charge in [-0.15, -0.1) is 10.2 Å². The Morgan fingerprint density at radius 1 is 1.70 bits per heavy atom. The van der Waals surface area contributed by atoms with Crippen LogP contribution in [0.15, 0.2) is 4.34 Å². The first-order chi connectivity index (χ1) is 4.86. The minimum atomic E-state index is 0.461. The van der Waals surface area contributed by atoms with Crippen LogP contribution in [0, 0.1) is 0 Å². The van der Waals surface area contributed by atoms with Crippen LogP contribution in [-0.2, 0) is 4.79 Å². The lowest BCUT2D eigenvalue weighted by Crippen LogP contribution is -1.91. The Kier molecular flexibility index (Phi) is 2.60. The molecule has 0 saturated heterocycles. The predicted molar refractivity (Wildman–Crippen MR) is 39.6 cm³/mol. The van der Waals surface area contributed by atoms with E-state index in [0.717, 1.165) is 11.9 Å². The molecule has 1 aromatic rings. The second kappa shape index (κ2) is 3.49. The molecule has 0 bridgehead atoms. The zero-order chi connectivity index (χ0) is 7.40. The van der Waals surface area contributed by atoms with Crippen molar-refractivity contribution in [1.82, 2.24) is 10.2 Å². The van der Waals surface area contributed by atoms with Crippen molar-refractivity contribution in [3.63, 3.8) is 0 Å². The number of carbonyl (C=O) groups is 1. The monoisotopic (exact) mass is 176 g/mol. The fraction of sp³-hybridized carbons (Fsp3) is 0. The first-order valence-electron chi connectivity index (χ1n) is 2.27. The van der Waals surface area contributed by atoms with E-state index in [4.69, 9.17) is 5.14 Å². The summed E-state index contributed by atoms with van der Waals surface area (Å²) in [4.78, 5) is 9.86. The van der Waals surface area contributed by atoms with Gasteiger partial charge in [0.05, 0.1) is 0 Å². The third-order valence-electron chi connectivity index (χ3n) is 0.690. The molecular weight excluding hydrogens is 172 g/mol. The van der Waals surface area contributed by atoms with E-state index >= 15 is 0 Å². The third-order valence-corrected chi connectivity index (χ3v) is 2.16. The zero-order valence-corrected chi connectivity index (χ0v) is 6.41. The molecule has 10 heavy (non-hydrogen) atoms. The smallest absolute Gasteiger partial charge is 0.213 e. The number of nitrogens with one attached hydrogen (secondary N) is 1. The molecule has 0 aliphatic carbocycles. The van der Waals surface area contributed by atoms with Gasteiger partial charge >= 0.3 is 0 Å². The highest BCUT2D eigenvalue weighted by Gasteiger charge is 1.99. The van der Waals surface area contributed by atoms with Crippen molar-refractivity contribution >= 4 is 34.8 Å². The van der Waals surface area contributed by atoms with Crippen LogP contribution in [0.4, 0.5) is 5.13 Å². The second-order valence-corrected chi connectivity index (χ2v) is 3.11. The molecule has 54 valence electrons. The van der Waals surface area contributed by atoms with Crippen LogP contribution in [-0.4, -0.2) is 16.6 Å². The van der Waals surface area contributed by atoms with E-state index < -0.39 is 0 Å². The van der Waals surface area contributed by atoms with Gasteiger partial charge in [0.25, 0.3) is 0 Å². The number of rotatable bonds is 3. The van der Waals surface area contributed by atoms with E-state index in [9.17, 15) is 4.79 Å². The van der Waals surface area contributed by atoms with Crippen molar-refractivity contribution < 1.29 is 4.79 Å². The highest BCUT2D eigenvalue weighted by Crippen LogP contribution is 2.20. The number of amides is 1. The number of aromatic nitrogens is 2. The van der Waals surface area contributed by atoms with Crippen LogP contribution in [0.1, 0.15) is 0 Å². The van der Waals surface area contributed by atoms with Crippen LogP contribution in [0.25, 0.3) is 0 Å². The number of nitrogens with zero attached hydrogens (tertiary/aromatic N) is 2. The second-order valence-electron chi connectivity index (χ2n) is 1.25. The van der Waals surface area contributed by atoms with Gasteiger partial charge in [0.15, 0.2) is 4.34 Å². The number of anilines is 1. The van der Waals surface area contributed by atoms with Gasteiger partial charge < -0.3 is 5.32 Å². The van der Waals surface area contributed by atoms with Crippen molar-refractivity contribution in [2.45, 2.75) is 4.34 Å². The van der Waals surface area contributed by atoms with Gasteiger partial charge in [-0.3, -0.25) is 9.93 Å². The molecule has 1 aromatic heterocycles. The van der Waals surface area contributed by atoms with E-state index in [1.54, 1.807) is 0 Å². The first-order valence-corrected chi connectivity index (χ1v) is 3.97. The Labute approximate surface area is 65.2 Å². The maximum atomic E-state index is 9.86. The minimum Gasteiger partial charge on any atom is -0.303 e. The molecule has 0 unspecified atom stereocenters. The Bertz CT molecular complexity index is 224. The standard InChI is InChI=1S/C3H4N4OS2/c4-10-3-7-6-2(9-3)5-1-8/h1H,4H2,(H,5,6,8). The summed E-state index contributed by atoms with van der Waals surface area (Å²) in [6.45, 7) is 0. The van der Waals surface area contributed by atoms with Gasteiger partial charge in [-0.2, -0.15) is 0 Å². The average Bonchev–Trinajstić information content (AvgIpc) is 2.37. The maximum absolute atomic E-state index is 9.86. The normalized spacial score (nSPS) is 9.30. The predicted octanol–water partition coefficient (Wildman–Crippen LogP) is 0.0722. The van der Waals surface area contributed by atoms with E-state index in [0.29, 0.717) is 15.9 Å². The van der Waals surface area contributed by atoms with Crippen LogP contribution in [0.3, 0.4) is 0 Å². The molecule has 5 nitrogen and oxygen atoms in total. The van der Waals surface area contributed by atoms with Crippen molar-refractivity contribution in [3.8, 4) is 0 Å². The molecule has 1 rings (SSSR count). The molecule has 0 aromatic carbocycles. The van der Waals surface area contributed by atoms with Crippen molar-refractivity contribution in [2.75, 3.05) is 5.32 Å². The average molecular weight is 176 g/mol. The highest BCUT2D eigenvalue weighted by atomic mass is 32.2. The van der Waals surface area contributed by atoms with E-state index in [-0.39, 0.29) is 0 Å². The van der Waals surface area contributed by atoms with Gasteiger partial charge in [-0.25, -0.2) is 0 Å². The highest BCUT2D eigenvalue weighted by molar-refractivity contribution is 7.98. The number of hydrogen-bond acceptors (Lipinski definition) is 6. The fourth-order valence-corrected chi connectivity index (χ4v) is 1.32. The maximum Gasteiger partial charge on any atom is 0.213 e. The molecule has 1 heterocycles. The summed E-state index contributed by atoms with van der Waals surface area (Å²) >= 11 is 2.24. The Morgan fingerprint density at radius 3 is 3.00 bits per heavy atom. The van der Waals surface area contributed by atoms with Crippen molar-refractivity contribution in [3.05, 3.63) is 0 Å². The molecular formula is C3H4N4OS2. The largest absolute Gasteiger partial charge is 0.303 e. The molecule has 0 spiro atoms. The van der Waals surface area contributed by atoms with E-state index in [1.807, 2.05) is 0 Å². The Balaban J connectivity index is 2.67. The van der Waals surface area contributed by atoms with Gasteiger partial charge in [0.2, 0.25) is 11.5 Å². The number of carbonyl (C=O) groups excluding carboxylic acids is 1. The summed E-state index contributed by atoms with van der Waals surface area (Å²) in [5, 5.41) is 15.2. The molecule has 0 fully saturated rings. The van der Waals surface area contributed by atoms with E-state index in [1.165, 1.54) is 11.3 Å². The van der Waals surface area contributed by atoms with Gasteiger partial charge in [-0.1, -0.05) is 11.3 Å². The molecule has 1 amide bonds. The van der Waals surface area contributed by atoms with Crippen LogP contribution in [0.5, 0.6) is 0 Å².